The van der Waals surface area contributed by atoms with Crippen LogP contribution in [0.5, 0.6) is 0 Å². The summed E-state index contributed by atoms with van der Waals surface area (Å²) in [6, 6.07) is 8.11. The number of hydrogen-bond donors (Lipinski definition) is 1. The van der Waals surface area contributed by atoms with E-state index in [2.05, 4.69) is 20.3 Å². The van der Waals surface area contributed by atoms with Crippen molar-refractivity contribution in [2.75, 3.05) is 23.8 Å². The van der Waals surface area contributed by atoms with E-state index in [1.54, 1.807) is 18.6 Å². The second-order valence-electron chi connectivity index (χ2n) is 8.62. The van der Waals surface area contributed by atoms with Gasteiger partial charge in [0, 0.05) is 36.6 Å². The Hall–Kier alpha value is -3.13. The number of nitrogens with one attached hydrogen (secondary N) is 1. The largest absolute Gasteiger partial charge is 0.343 e. The molecule has 32 heavy (non-hydrogen) atoms. The molecule has 1 saturated heterocycles. The van der Waals surface area contributed by atoms with Gasteiger partial charge in [0.05, 0.1) is 26.3 Å². The van der Waals surface area contributed by atoms with Gasteiger partial charge in [-0.05, 0) is 43.0 Å². The standard InChI is InChI=1S/C23H26ClN7O/c1-15(2)18-12-29(3)22(32)31(18)20-7-10-25-21(27-20)28-23(8-9-23)19-13-30(14-26-19)17-6-4-5-16(24)11-17/h4-7,10-11,13-15,18H,8-9,12H2,1-3H3,(H,25,27,28)/t18-/m1/s1/i12D2. The number of hydrogen-bond acceptors (Lipinski definition) is 5. The molecule has 9 heteroatoms. The van der Waals surface area contributed by atoms with E-state index in [1.165, 1.54) is 11.9 Å². The van der Waals surface area contributed by atoms with E-state index >= 15 is 0 Å². The van der Waals surface area contributed by atoms with Crippen molar-refractivity contribution < 1.29 is 7.54 Å². The zero-order chi connectivity index (χ0) is 24.3. The van der Waals surface area contributed by atoms with Crippen molar-refractivity contribution >= 4 is 29.4 Å². The smallest absolute Gasteiger partial charge is 0.325 e. The minimum atomic E-state index is -1.81. The molecule has 1 aliphatic carbocycles. The van der Waals surface area contributed by atoms with Gasteiger partial charge in [0.2, 0.25) is 5.95 Å². The SMILES string of the molecule is [2H]C1([2H])[C@H](C(C)C)N(c2ccnc(NC3(c4cn(-c5cccc(Cl)c5)cn4)CC3)n2)C(=O)N1C. The first-order valence-corrected chi connectivity index (χ1v) is 11.0. The summed E-state index contributed by atoms with van der Waals surface area (Å²) in [6.07, 6.45) is 7.06. The Morgan fingerprint density at radius 1 is 1.28 bits per heavy atom. The molecular formula is C23H26ClN7O. The van der Waals surface area contributed by atoms with Crippen molar-refractivity contribution in [2.24, 2.45) is 5.92 Å². The summed E-state index contributed by atoms with van der Waals surface area (Å²) in [4.78, 5) is 29.1. The summed E-state index contributed by atoms with van der Waals surface area (Å²) in [5.41, 5.74) is 1.40. The molecule has 1 N–H and O–H groups in total. The normalized spacial score (nSPS) is 22.2. The molecule has 2 aromatic heterocycles. The summed E-state index contributed by atoms with van der Waals surface area (Å²) in [6.45, 7) is 1.99. The van der Waals surface area contributed by atoms with Crippen LogP contribution in [-0.2, 0) is 5.54 Å². The van der Waals surface area contributed by atoms with E-state index in [1.807, 2.05) is 48.9 Å². The highest BCUT2D eigenvalue weighted by molar-refractivity contribution is 6.30. The van der Waals surface area contributed by atoms with Crippen LogP contribution in [0.2, 0.25) is 5.02 Å². The number of halogens is 1. The number of likely N-dealkylation sites (N-methyl/N-ethyl adjacent to an activating group) is 1. The van der Waals surface area contributed by atoms with Gasteiger partial charge in [-0.25, -0.2) is 14.8 Å². The molecule has 1 aliphatic heterocycles. The number of urea groups is 1. The molecule has 0 unspecified atom stereocenters. The van der Waals surface area contributed by atoms with E-state index in [9.17, 15) is 4.79 Å². The lowest BCUT2D eigenvalue weighted by Crippen LogP contribution is -2.38. The van der Waals surface area contributed by atoms with Gasteiger partial charge in [-0.15, -0.1) is 0 Å². The van der Waals surface area contributed by atoms with Crippen LogP contribution in [0.1, 0.15) is 35.1 Å². The number of carbonyl (C=O) groups is 1. The molecule has 1 saturated carbocycles. The molecular weight excluding hydrogens is 426 g/mol. The third-order valence-corrected chi connectivity index (χ3v) is 6.13. The number of rotatable bonds is 6. The molecule has 1 atom stereocenters. The minimum Gasteiger partial charge on any atom is -0.343 e. The van der Waals surface area contributed by atoms with Crippen LogP contribution < -0.4 is 10.2 Å². The molecule has 2 aliphatic rings. The van der Waals surface area contributed by atoms with Gasteiger partial charge in [0.25, 0.3) is 0 Å². The van der Waals surface area contributed by atoms with Gasteiger partial charge in [-0.2, -0.15) is 4.98 Å². The van der Waals surface area contributed by atoms with E-state index in [0.717, 1.165) is 29.1 Å². The van der Waals surface area contributed by atoms with Crippen molar-refractivity contribution in [1.82, 2.24) is 24.4 Å². The number of benzene rings is 1. The average molecular weight is 454 g/mol. The molecule has 0 radical (unpaired) electrons. The first-order valence-electron chi connectivity index (χ1n) is 11.6. The van der Waals surface area contributed by atoms with Gasteiger partial charge in [0.15, 0.2) is 0 Å². The van der Waals surface area contributed by atoms with Crippen LogP contribution in [0, 0.1) is 5.92 Å². The van der Waals surface area contributed by atoms with E-state index in [0.29, 0.717) is 16.8 Å². The quantitative estimate of drug-likeness (QED) is 0.601. The lowest BCUT2D eigenvalue weighted by molar-refractivity contribution is 0.229. The summed E-state index contributed by atoms with van der Waals surface area (Å²) in [7, 11) is 1.48. The van der Waals surface area contributed by atoms with Crippen molar-refractivity contribution in [3.8, 4) is 5.69 Å². The molecule has 8 nitrogen and oxygen atoms in total. The van der Waals surface area contributed by atoms with Gasteiger partial charge < -0.3 is 14.8 Å². The fourth-order valence-corrected chi connectivity index (χ4v) is 4.14. The van der Waals surface area contributed by atoms with E-state index in [-0.39, 0.29) is 11.5 Å². The Balaban J connectivity index is 1.41. The first kappa shape index (κ1) is 18.4. The van der Waals surface area contributed by atoms with E-state index < -0.39 is 18.6 Å². The number of anilines is 2. The Bertz CT molecular complexity index is 1240. The number of nitrogens with zero attached hydrogens (tertiary/aromatic N) is 6. The maximum atomic E-state index is 12.9. The lowest BCUT2D eigenvalue weighted by atomic mass is 10.0. The highest BCUT2D eigenvalue weighted by Gasteiger charge is 2.47. The van der Waals surface area contributed by atoms with Crippen LogP contribution in [0.25, 0.3) is 5.69 Å². The van der Waals surface area contributed by atoms with Crippen molar-refractivity contribution in [3.63, 3.8) is 0 Å². The second-order valence-corrected chi connectivity index (χ2v) is 9.06. The predicted molar refractivity (Wildman–Crippen MR) is 124 cm³/mol. The van der Waals surface area contributed by atoms with Gasteiger partial charge in [-0.1, -0.05) is 31.5 Å². The third kappa shape index (κ3) is 3.68. The van der Waals surface area contributed by atoms with Crippen LogP contribution in [-0.4, -0.2) is 50.0 Å². The Labute approximate surface area is 195 Å². The first-order chi connectivity index (χ1) is 16.1. The van der Waals surface area contributed by atoms with Gasteiger partial charge >= 0.3 is 6.03 Å². The minimum absolute atomic E-state index is 0.111. The van der Waals surface area contributed by atoms with Gasteiger partial charge in [0.1, 0.15) is 5.82 Å². The maximum absolute atomic E-state index is 12.9. The van der Waals surface area contributed by atoms with Crippen LogP contribution in [0.3, 0.4) is 0 Å². The third-order valence-electron chi connectivity index (χ3n) is 5.90. The van der Waals surface area contributed by atoms with Crippen LogP contribution >= 0.6 is 11.6 Å². The molecule has 3 heterocycles. The highest BCUT2D eigenvalue weighted by atomic mass is 35.5. The molecule has 0 spiro atoms. The van der Waals surface area contributed by atoms with Crippen molar-refractivity contribution in [1.29, 1.82) is 0 Å². The topological polar surface area (TPSA) is 79.2 Å². The zero-order valence-electron chi connectivity index (χ0n) is 20.2. The lowest BCUT2D eigenvalue weighted by Gasteiger charge is -2.25. The Morgan fingerprint density at radius 2 is 2.09 bits per heavy atom. The van der Waals surface area contributed by atoms with Crippen LogP contribution in [0.4, 0.5) is 16.6 Å². The fourth-order valence-electron chi connectivity index (χ4n) is 3.96. The maximum Gasteiger partial charge on any atom is 0.325 e. The Kier molecular flexibility index (Phi) is 4.48. The molecule has 166 valence electrons. The monoisotopic (exact) mass is 453 g/mol. The number of carbonyl (C=O) groups excluding carboxylic acids is 1. The molecule has 3 aromatic rings. The zero-order valence-corrected chi connectivity index (χ0v) is 18.9. The average Bonchev–Trinajstić information content (AvgIpc) is 3.33. The number of imidazole rings is 1. The van der Waals surface area contributed by atoms with Crippen molar-refractivity contribution in [2.45, 2.75) is 38.3 Å². The molecule has 5 rings (SSSR count). The summed E-state index contributed by atoms with van der Waals surface area (Å²) >= 11 is 6.13. The van der Waals surface area contributed by atoms with Gasteiger partial charge in [-0.3, -0.25) is 4.90 Å². The number of aromatic nitrogens is 4. The molecule has 1 aromatic carbocycles. The summed E-state index contributed by atoms with van der Waals surface area (Å²) in [5, 5.41) is 4.06. The summed E-state index contributed by atoms with van der Waals surface area (Å²) in [5.74, 6) is 0.632. The summed E-state index contributed by atoms with van der Waals surface area (Å²) < 4.78 is 18.8. The fraction of sp³-hybridized carbons (Fsp3) is 0.391. The molecule has 0 bridgehead atoms. The highest BCUT2D eigenvalue weighted by Crippen LogP contribution is 2.47. The van der Waals surface area contributed by atoms with Crippen molar-refractivity contribution in [3.05, 3.63) is 59.8 Å². The number of amides is 2. The molecule has 2 fully saturated rings. The van der Waals surface area contributed by atoms with E-state index in [4.69, 9.17) is 14.3 Å². The molecule has 2 amide bonds. The predicted octanol–water partition coefficient (Wildman–Crippen LogP) is 4.31. The van der Waals surface area contributed by atoms with Crippen LogP contribution in [0.15, 0.2) is 49.1 Å². The Morgan fingerprint density at radius 3 is 2.81 bits per heavy atom. The second kappa shape index (κ2) is 7.78.